The van der Waals surface area contributed by atoms with Gasteiger partial charge in [0.15, 0.2) is 0 Å². The van der Waals surface area contributed by atoms with Gasteiger partial charge in [-0.3, -0.25) is 9.71 Å². The summed E-state index contributed by atoms with van der Waals surface area (Å²) < 4.78 is 71.3. The second-order valence-electron chi connectivity index (χ2n) is 10.5. The van der Waals surface area contributed by atoms with Crippen molar-refractivity contribution in [2.24, 2.45) is 5.92 Å². The predicted molar refractivity (Wildman–Crippen MR) is 169 cm³/mol. The quantitative estimate of drug-likeness (QED) is 0.192. The minimum atomic E-state index is -4.44. The third kappa shape index (κ3) is 10.9. The summed E-state index contributed by atoms with van der Waals surface area (Å²) in [6.45, 7) is 9.24. The van der Waals surface area contributed by atoms with Crippen molar-refractivity contribution in [1.82, 2.24) is 4.98 Å². The van der Waals surface area contributed by atoms with Crippen LogP contribution in [0.5, 0.6) is 5.75 Å². The number of aryl methyl sites for hydroxylation is 1. The van der Waals surface area contributed by atoms with Gasteiger partial charge in [0.2, 0.25) is 10.0 Å². The number of carbonyl (C=O) groups is 1. The largest absolute Gasteiger partial charge is 0.508 e. The van der Waals surface area contributed by atoms with Crippen LogP contribution < -0.4 is 4.72 Å². The zero-order chi connectivity index (χ0) is 33.1. The lowest BCUT2D eigenvalue weighted by Gasteiger charge is -2.15. The highest BCUT2D eigenvalue weighted by Crippen LogP contribution is 2.34. The maximum atomic E-state index is 13.0. The second-order valence-corrected chi connectivity index (χ2v) is 12.7. The van der Waals surface area contributed by atoms with E-state index in [1.54, 1.807) is 70.3 Å². The van der Waals surface area contributed by atoms with Gasteiger partial charge in [0.25, 0.3) is 0 Å². The number of hydrogen-bond acceptors (Lipinski definition) is 6. The van der Waals surface area contributed by atoms with E-state index in [0.29, 0.717) is 45.1 Å². The number of nitrogens with zero attached hydrogens (tertiary/aromatic N) is 1. The Labute approximate surface area is 257 Å². The lowest BCUT2D eigenvalue weighted by Crippen LogP contribution is -2.22. The molecule has 3 aromatic carbocycles. The van der Waals surface area contributed by atoms with Gasteiger partial charge in [-0.05, 0) is 99.2 Å². The molecule has 1 unspecified atom stereocenters. The summed E-state index contributed by atoms with van der Waals surface area (Å²) >= 11 is 0. The highest BCUT2D eigenvalue weighted by atomic mass is 32.2. The molecule has 11 heteroatoms. The van der Waals surface area contributed by atoms with Crippen LogP contribution in [0.25, 0.3) is 22.0 Å². The fourth-order valence-electron chi connectivity index (χ4n) is 4.15. The third-order valence-electron chi connectivity index (χ3n) is 6.30. The van der Waals surface area contributed by atoms with Gasteiger partial charge >= 0.3 is 6.18 Å². The van der Waals surface area contributed by atoms with Gasteiger partial charge in [0.05, 0.1) is 22.0 Å². The SMILES string of the molecule is CC=O.COCC(C)Cc1ccc(O)cc1.Cc1cc(NS(=O)(=O)C(C)C)c2cc(-c3cccc(C(F)(F)F)c3)ccc2n1. The number of benzene rings is 3. The number of phenolic OH excluding ortho intramolecular Hbond substituents is 1. The number of alkyl halides is 3. The second kappa shape index (κ2) is 16.2. The number of hydrogen-bond donors (Lipinski definition) is 2. The summed E-state index contributed by atoms with van der Waals surface area (Å²) in [5.41, 5.74) is 2.95. The van der Waals surface area contributed by atoms with Gasteiger partial charge in [0, 0.05) is 24.8 Å². The molecule has 0 amide bonds. The van der Waals surface area contributed by atoms with E-state index in [1.165, 1.54) is 18.6 Å². The zero-order valence-corrected chi connectivity index (χ0v) is 26.5. The minimum Gasteiger partial charge on any atom is -0.508 e. The maximum absolute atomic E-state index is 13.0. The van der Waals surface area contributed by atoms with E-state index in [1.807, 2.05) is 12.1 Å². The van der Waals surface area contributed by atoms with Crippen molar-refractivity contribution < 1.29 is 36.2 Å². The van der Waals surface area contributed by atoms with Crippen LogP contribution in [0, 0.1) is 12.8 Å². The van der Waals surface area contributed by atoms with E-state index < -0.39 is 27.0 Å². The fraction of sp³-hybridized carbons (Fsp3) is 0.333. The van der Waals surface area contributed by atoms with Crippen LogP contribution in [0.1, 0.15) is 44.5 Å². The molecular weight excluding hydrogens is 593 g/mol. The number of aromatic hydroxyl groups is 1. The van der Waals surface area contributed by atoms with Gasteiger partial charge in [0.1, 0.15) is 12.0 Å². The molecule has 1 aromatic heterocycles. The monoisotopic (exact) mass is 632 g/mol. The van der Waals surface area contributed by atoms with Crippen molar-refractivity contribution in [2.75, 3.05) is 18.4 Å². The van der Waals surface area contributed by atoms with Crippen molar-refractivity contribution in [3.8, 4) is 16.9 Å². The van der Waals surface area contributed by atoms with Gasteiger partial charge in [-0.2, -0.15) is 13.2 Å². The standard InChI is InChI=1S/C20H19F3N2O2S.C11H16O2.C2H4O/c1-12(2)28(26,27)25-19-9-13(3)24-18-8-7-15(11-17(18)19)14-5-4-6-16(10-14)20(21,22)23;1-9(8-13-2)7-10-3-5-11(12)6-4-10;1-2-3/h4-12H,1-3H3,(H,24,25);3-6,9,12H,7-8H2,1-2H3;2H,1H3. The zero-order valence-electron chi connectivity index (χ0n) is 25.6. The number of phenols is 1. The molecule has 0 saturated carbocycles. The van der Waals surface area contributed by atoms with E-state index in [2.05, 4.69) is 16.6 Å². The molecule has 7 nitrogen and oxygen atoms in total. The van der Waals surface area contributed by atoms with Gasteiger partial charge < -0.3 is 14.6 Å². The molecule has 4 aromatic rings. The van der Waals surface area contributed by atoms with Gasteiger partial charge in [-0.1, -0.05) is 37.3 Å². The first-order valence-electron chi connectivity index (χ1n) is 13.9. The summed E-state index contributed by atoms with van der Waals surface area (Å²) in [4.78, 5) is 13.2. The first kappa shape index (κ1) is 36.2. The Bertz CT molecular complexity index is 1620. The normalized spacial score (nSPS) is 12.0. The third-order valence-corrected chi connectivity index (χ3v) is 8.05. The Kier molecular flexibility index (Phi) is 13.3. The minimum absolute atomic E-state index is 0.322. The number of aromatic nitrogens is 1. The topological polar surface area (TPSA) is 106 Å². The molecule has 1 atom stereocenters. The molecule has 0 spiro atoms. The number of nitrogens with one attached hydrogen (secondary N) is 1. The molecule has 0 aliphatic carbocycles. The fourth-order valence-corrected chi connectivity index (χ4v) is 4.86. The van der Waals surface area contributed by atoms with Crippen LogP contribution in [0.2, 0.25) is 0 Å². The lowest BCUT2D eigenvalue weighted by atomic mass is 10.0. The summed E-state index contributed by atoms with van der Waals surface area (Å²) in [7, 11) is -1.87. The molecule has 2 N–H and O–H groups in total. The summed E-state index contributed by atoms with van der Waals surface area (Å²) in [5, 5.41) is 8.95. The average molecular weight is 633 g/mol. The van der Waals surface area contributed by atoms with Gasteiger partial charge in [-0.15, -0.1) is 0 Å². The first-order chi connectivity index (χ1) is 20.6. The van der Waals surface area contributed by atoms with Crippen molar-refractivity contribution in [2.45, 2.75) is 52.5 Å². The Morgan fingerprint density at radius 3 is 2.16 bits per heavy atom. The van der Waals surface area contributed by atoms with Crippen molar-refractivity contribution in [3.63, 3.8) is 0 Å². The van der Waals surface area contributed by atoms with Crippen molar-refractivity contribution in [3.05, 3.63) is 89.6 Å². The number of anilines is 1. The molecule has 0 saturated heterocycles. The lowest BCUT2D eigenvalue weighted by molar-refractivity contribution is -0.137. The molecule has 4 rings (SSSR count). The average Bonchev–Trinajstić information content (AvgIpc) is 2.94. The summed E-state index contributed by atoms with van der Waals surface area (Å²) in [6, 6.07) is 18.9. The van der Waals surface area contributed by atoms with Crippen LogP contribution in [-0.4, -0.2) is 43.8 Å². The molecular formula is C33H39F3N2O5S. The highest BCUT2D eigenvalue weighted by molar-refractivity contribution is 7.93. The number of aldehydes is 1. The Morgan fingerprint density at radius 1 is 0.977 bits per heavy atom. The molecule has 0 aliphatic rings. The maximum Gasteiger partial charge on any atom is 0.416 e. The molecule has 0 fully saturated rings. The Balaban J connectivity index is 0.000000351. The number of halogens is 3. The Morgan fingerprint density at radius 2 is 1.59 bits per heavy atom. The van der Waals surface area contributed by atoms with E-state index >= 15 is 0 Å². The molecule has 1 heterocycles. The number of pyridine rings is 1. The van der Waals surface area contributed by atoms with E-state index in [0.717, 1.165) is 31.4 Å². The summed E-state index contributed by atoms with van der Waals surface area (Å²) in [6.07, 6.45) is -2.70. The molecule has 44 heavy (non-hydrogen) atoms. The highest BCUT2D eigenvalue weighted by Gasteiger charge is 2.30. The number of ether oxygens (including phenoxy) is 1. The van der Waals surface area contributed by atoms with E-state index in [9.17, 15) is 21.6 Å². The van der Waals surface area contributed by atoms with E-state index in [4.69, 9.17) is 14.6 Å². The smallest absolute Gasteiger partial charge is 0.416 e. The first-order valence-corrected chi connectivity index (χ1v) is 15.4. The molecule has 0 bridgehead atoms. The van der Waals surface area contributed by atoms with Crippen LogP contribution >= 0.6 is 0 Å². The number of carbonyl (C=O) groups excluding carboxylic acids is 1. The van der Waals surface area contributed by atoms with Crippen LogP contribution in [-0.2, 0) is 32.2 Å². The van der Waals surface area contributed by atoms with Crippen molar-refractivity contribution in [1.29, 1.82) is 0 Å². The van der Waals surface area contributed by atoms with E-state index in [-0.39, 0.29) is 0 Å². The molecule has 0 radical (unpaired) electrons. The summed E-state index contributed by atoms with van der Waals surface area (Å²) in [5.74, 6) is 0.845. The predicted octanol–water partition coefficient (Wildman–Crippen LogP) is 7.80. The van der Waals surface area contributed by atoms with Crippen LogP contribution in [0.4, 0.5) is 18.9 Å². The van der Waals surface area contributed by atoms with Crippen LogP contribution in [0.3, 0.4) is 0 Å². The van der Waals surface area contributed by atoms with Crippen LogP contribution in [0.15, 0.2) is 72.8 Å². The Hall–Kier alpha value is -3.96. The number of methoxy groups -OCH3 is 1. The molecule has 238 valence electrons. The number of fused-ring (bicyclic) bond motifs is 1. The number of rotatable bonds is 8. The van der Waals surface area contributed by atoms with Gasteiger partial charge in [-0.25, -0.2) is 8.42 Å². The molecule has 0 aliphatic heterocycles. The van der Waals surface area contributed by atoms with Crippen molar-refractivity contribution >= 4 is 32.9 Å². The number of sulfonamides is 1.